The largest absolute Gasteiger partial charge is 0.497 e. The molecule has 0 N–H and O–H groups in total. The molecule has 2 aliphatic heterocycles. The van der Waals surface area contributed by atoms with Crippen LogP contribution < -0.4 is 4.74 Å². The summed E-state index contributed by atoms with van der Waals surface area (Å²) in [5.74, 6) is 1.16. The van der Waals surface area contributed by atoms with E-state index in [9.17, 15) is 9.59 Å². The van der Waals surface area contributed by atoms with E-state index in [2.05, 4.69) is 4.90 Å². The summed E-state index contributed by atoms with van der Waals surface area (Å²) in [6.07, 6.45) is 1.59. The molecule has 0 bridgehead atoms. The van der Waals surface area contributed by atoms with Gasteiger partial charge in [-0.3, -0.25) is 14.5 Å². The predicted octanol–water partition coefficient (Wildman–Crippen LogP) is 1.84. The lowest BCUT2D eigenvalue weighted by atomic mass is 9.88. The van der Waals surface area contributed by atoms with E-state index in [1.54, 1.807) is 7.11 Å². The number of nitrogens with zero attached hydrogens (tertiary/aromatic N) is 2. The zero-order valence-corrected chi connectivity index (χ0v) is 15.6. The molecule has 0 aromatic heterocycles. The number of piperidine rings is 1. The van der Waals surface area contributed by atoms with Crippen molar-refractivity contribution in [1.29, 1.82) is 0 Å². The number of hydrogen-bond acceptors (Lipinski definition) is 5. The molecule has 142 valence electrons. The molecule has 1 atom stereocenters. The van der Waals surface area contributed by atoms with Crippen molar-refractivity contribution in [3.63, 3.8) is 0 Å². The van der Waals surface area contributed by atoms with Crippen molar-refractivity contribution < 1.29 is 19.1 Å². The van der Waals surface area contributed by atoms with Gasteiger partial charge < -0.3 is 14.4 Å². The Morgan fingerprint density at radius 1 is 1.08 bits per heavy atom. The van der Waals surface area contributed by atoms with Crippen molar-refractivity contribution in [2.45, 2.75) is 25.8 Å². The van der Waals surface area contributed by atoms with Gasteiger partial charge in [0.25, 0.3) is 0 Å². The third-order valence-electron chi connectivity index (χ3n) is 5.50. The molecule has 1 aromatic carbocycles. The molecule has 2 saturated heterocycles. The number of ether oxygens (including phenoxy) is 2. The summed E-state index contributed by atoms with van der Waals surface area (Å²) < 4.78 is 10.5. The van der Waals surface area contributed by atoms with Crippen LogP contribution in [0.5, 0.6) is 5.75 Å². The van der Waals surface area contributed by atoms with Crippen LogP contribution >= 0.6 is 0 Å². The van der Waals surface area contributed by atoms with Crippen molar-refractivity contribution in [3.05, 3.63) is 29.8 Å². The number of benzene rings is 1. The highest BCUT2D eigenvalue weighted by molar-refractivity contribution is 5.98. The zero-order chi connectivity index (χ0) is 18.5. The maximum absolute atomic E-state index is 12.7. The molecule has 2 heterocycles. The van der Waals surface area contributed by atoms with E-state index in [0.29, 0.717) is 26.3 Å². The zero-order valence-electron chi connectivity index (χ0n) is 15.6. The van der Waals surface area contributed by atoms with Gasteiger partial charge in [-0.05, 0) is 57.1 Å². The van der Waals surface area contributed by atoms with Crippen LogP contribution in [0.2, 0.25) is 0 Å². The lowest BCUT2D eigenvalue weighted by Crippen LogP contribution is -2.52. The van der Waals surface area contributed by atoms with E-state index in [0.717, 1.165) is 37.2 Å². The first kappa shape index (κ1) is 18.9. The number of ketones is 1. The Bertz CT molecular complexity index is 617. The van der Waals surface area contributed by atoms with Crippen molar-refractivity contribution >= 4 is 11.7 Å². The fourth-order valence-corrected chi connectivity index (χ4v) is 3.74. The third-order valence-corrected chi connectivity index (χ3v) is 5.50. The molecule has 0 spiro atoms. The van der Waals surface area contributed by atoms with Crippen LogP contribution in [0.15, 0.2) is 24.3 Å². The van der Waals surface area contributed by atoms with Gasteiger partial charge in [0.05, 0.1) is 26.4 Å². The molecule has 0 aliphatic carbocycles. The first-order chi connectivity index (χ1) is 12.6. The van der Waals surface area contributed by atoms with Crippen LogP contribution in [0, 0.1) is 5.92 Å². The maximum Gasteiger partial charge on any atom is 0.239 e. The molecule has 6 heteroatoms. The van der Waals surface area contributed by atoms with E-state index < -0.39 is 0 Å². The summed E-state index contributed by atoms with van der Waals surface area (Å²) in [4.78, 5) is 29.4. The van der Waals surface area contributed by atoms with E-state index in [-0.39, 0.29) is 23.7 Å². The Hall–Kier alpha value is -1.92. The molecular formula is C20H28N2O4. The molecule has 0 saturated carbocycles. The lowest BCUT2D eigenvalue weighted by molar-refractivity contribution is -0.141. The van der Waals surface area contributed by atoms with Gasteiger partial charge in [-0.25, -0.2) is 0 Å². The maximum atomic E-state index is 12.7. The summed E-state index contributed by atoms with van der Waals surface area (Å²) in [5.41, 5.74) is 0.738. The normalized spacial score (nSPS) is 20.6. The van der Waals surface area contributed by atoms with Gasteiger partial charge in [-0.1, -0.05) is 0 Å². The number of rotatable bonds is 5. The summed E-state index contributed by atoms with van der Waals surface area (Å²) >= 11 is 0. The number of carbonyl (C=O) groups is 2. The van der Waals surface area contributed by atoms with Crippen molar-refractivity contribution in [3.8, 4) is 5.75 Å². The Morgan fingerprint density at radius 3 is 2.27 bits per heavy atom. The average molecular weight is 360 g/mol. The average Bonchev–Trinajstić information content (AvgIpc) is 2.73. The highest BCUT2D eigenvalue weighted by atomic mass is 16.5. The lowest BCUT2D eigenvalue weighted by Gasteiger charge is -2.38. The fraction of sp³-hybridized carbons (Fsp3) is 0.600. The minimum absolute atomic E-state index is 0.0327. The van der Waals surface area contributed by atoms with Gasteiger partial charge in [-0.2, -0.15) is 0 Å². The Balaban J connectivity index is 1.52. The number of carbonyl (C=O) groups excluding carboxylic acids is 2. The molecule has 1 amide bonds. The Kier molecular flexibility index (Phi) is 6.27. The number of hydrogen-bond donors (Lipinski definition) is 0. The van der Waals surface area contributed by atoms with Gasteiger partial charge in [0.1, 0.15) is 5.75 Å². The number of morpholine rings is 1. The minimum Gasteiger partial charge on any atom is -0.497 e. The summed E-state index contributed by atoms with van der Waals surface area (Å²) in [5, 5.41) is 0. The van der Waals surface area contributed by atoms with Gasteiger partial charge in [0.2, 0.25) is 5.91 Å². The van der Waals surface area contributed by atoms with Crippen molar-refractivity contribution in [1.82, 2.24) is 9.80 Å². The predicted molar refractivity (Wildman–Crippen MR) is 98.5 cm³/mol. The highest BCUT2D eigenvalue weighted by Gasteiger charge is 2.32. The molecule has 1 aromatic rings. The van der Waals surface area contributed by atoms with Crippen LogP contribution in [-0.2, 0) is 9.53 Å². The Labute approximate surface area is 155 Å². The van der Waals surface area contributed by atoms with E-state index in [1.807, 2.05) is 36.1 Å². The Morgan fingerprint density at radius 2 is 1.69 bits per heavy atom. The smallest absolute Gasteiger partial charge is 0.239 e. The summed E-state index contributed by atoms with van der Waals surface area (Å²) in [6, 6.07) is 7.18. The molecule has 6 nitrogen and oxygen atoms in total. The van der Waals surface area contributed by atoms with Gasteiger partial charge in [0, 0.05) is 24.6 Å². The van der Waals surface area contributed by atoms with E-state index in [4.69, 9.17) is 9.47 Å². The number of amides is 1. The van der Waals surface area contributed by atoms with Crippen molar-refractivity contribution in [2.75, 3.05) is 46.5 Å². The second-order valence-electron chi connectivity index (χ2n) is 7.02. The molecule has 2 aliphatic rings. The second kappa shape index (κ2) is 8.64. The SMILES string of the molecule is COc1ccc(C(=O)C2CCN(C(C)C(=O)N3CCOCC3)CC2)cc1. The van der Waals surface area contributed by atoms with Crippen LogP contribution in [0.1, 0.15) is 30.1 Å². The van der Waals surface area contributed by atoms with E-state index in [1.165, 1.54) is 0 Å². The van der Waals surface area contributed by atoms with Crippen LogP contribution in [0.3, 0.4) is 0 Å². The van der Waals surface area contributed by atoms with Crippen LogP contribution in [-0.4, -0.2) is 74.0 Å². The third kappa shape index (κ3) is 4.24. The standard InChI is InChI=1S/C20H28N2O4/c1-15(20(24)22-11-13-26-14-12-22)21-9-7-17(8-10-21)19(23)16-3-5-18(25-2)6-4-16/h3-6,15,17H,7-14H2,1-2H3. The molecule has 0 radical (unpaired) electrons. The minimum atomic E-state index is -0.134. The van der Waals surface area contributed by atoms with Gasteiger partial charge in [-0.15, -0.1) is 0 Å². The first-order valence-corrected chi connectivity index (χ1v) is 9.39. The van der Waals surface area contributed by atoms with Crippen LogP contribution in [0.4, 0.5) is 0 Å². The highest BCUT2D eigenvalue weighted by Crippen LogP contribution is 2.24. The molecule has 26 heavy (non-hydrogen) atoms. The monoisotopic (exact) mass is 360 g/mol. The fourth-order valence-electron chi connectivity index (χ4n) is 3.74. The number of likely N-dealkylation sites (tertiary alicyclic amines) is 1. The van der Waals surface area contributed by atoms with Gasteiger partial charge >= 0.3 is 0 Å². The summed E-state index contributed by atoms with van der Waals surface area (Å²) in [7, 11) is 1.62. The number of Topliss-reactive ketones (excluding diaryl/α,β-unsaturated/α-hetero) is 1. The quantitative estimate of drug-likeness (QED) is 0.750. The van der Waals surface area contributed by atoms with Crippen LogP contribution in [0.25, 0.3) is 0 Å². The van der Waals surface area contributed by atoms with E-state index >= 15 is 0 Å². The molecule has 1 unspecified atom stereocenters. The molecule has 3 rings (SSSR count). The first-order valence-electron chi connectivity index (χ1n) is 9.39. The van der Waals surface area contributed by atoms with Gasteiger partial charge in [0.15, 0.2) is 5.78 Å². The number of methoxy groups -OCH3 is 1. The topological polar surface area (TPSA) is 59.1 Å². The molecule has 2 fully saturated rings. The second-order valence-corrected chi connectivity index (χ2v) is 7.02. The van der Waals surface area contributed by atoms with Crippen molar-refractivity contribution in [2.24, 2.45) is 5.92 Å². The summed E-state index contributed by atoms with van der Waals surface area (Å²) in [6.45, 7) is 6.13. The molecular weight excluding hydrogens is 332 g/mol.